The van der Waals surface area contributed by atoms with Gasteiger partial charge in [0.1, 0.15) is 0 Å². The van der Waals surface area contributed by atoms with Crippen LogP contribution >= 0.6 is 0 Å². The molecule has 0 radical (unpaired) electrons. The molecule has 0 spiro atoms. The quantitative estimate of drug-likeness (QED) is 0.657. The number of hydrogen-bond donors (Lipinski definition) is 2. The van der Waals surface area contributed by atoms with E-state index >= 15 is 0 Å². The molecule has 1 fully saturated rings. The molecule has 76 valence electrons. The number of nitrogens with zero attached hydrogens (tertiary/aromatic N) is 1. The maximum atomic E-state index is 11.0. The Morgan fingerprint density at radius 3 is 2.92 bits per heavy atom. The van der Waals surface area contributed by atoms with Gasteiger partial charge in [0.05, 0.1) is 5.41 Å². The zero-order valence-corrected chi connectivity index (χ0v) is 8.12. The van der Waals surface area contributed by atoms with E-state index in [9.17, 15) is 4.79 Å². The lowest BCUT2D eigenvalue weighted by atomic mass is 9.82. The van der Waals surface area contributed by atoms with E-state index in [0.29, 0.717) is 13.1 Å². The van der Waals surface area contributed by atoms with Crippen LogP contribution in [-0.2, 0) is 4.79 Å². The number of carboxylic acid groups (broad SMARTS) is 1. The molecule has 4 nitrogen and oxygen atoms in total. The number of likely N-dealkylation sites (tertiary alicyclic amines) is 1. The second-order valence-electron chi connectivity index (χ2n) is 4.03. The van der Waals surface area contributed by atoms with Crippen molar-refractivity contribution in [2.24, 2.45) is 11.1 Å². The van der Waals surface area contributed by atoms with Crippen LogP contribution in [0.1, 0.15) is 19.8 Å². The molecular formula is C9H18N2O2. The fourth-order valence-electron chi connectivity index (χ4n) is 1.89. The fourth-order valence-corrected chi connectivity index (χ4v) is 1.89. The second kappa shape index (κ2) is 4.07. The summed E-state index contributed by atoms with van der Waals surface area (Å²) in [5.74, 6) is -0.686. The average Bonchev–Trinajstić information content (AvgIpc) is 2.04. The number of aliphatic carboxylic acids is 1. The summed E-state index contributed by atoms with van der Waals surface area (Å²) in [5.41, 5.74) is 4.87. The molecule has 0 aromatic heterocycles. The van der Waals surface area contributed by atoms with Crippen molar-refractivity contribution in [3.8, 4) is 0 Å². The molecule has 13 heavy (non-hydrogen) atoms. The van der Waals surface area contributed by atoms with Gasteiger partial charge in [-0.25, -0.2) is 0 Å². The molecule has 1 heterocycles. The highest BCUT2D eigenvalue weighted by atomic mass is 16.4. The van der Waals surface area contributed by atoms with Gasteiger partial charge in [-0.15, -0.1) is 0 Å². The van der Waals surface area contributed by atoms with Gasteiger partial charge in [-0.2, -0.15) is 0 Å². The Labute approximate surface area is 78.7 Å². The van der Waals surface area contributed by atoms with E-state index < -0.39 is 11.4 Å². The zero-order chi connectivity index (χ0) is 9.90. The summed E-state index contributed by atoms with van der Waals surface area (Å²) in [6.45, 7) is 4.86. The van der Waals surface area contributed by atoms with Gasteiger partial charge in [0, 0.05) is 19.6 Å². The smallest absolute Gasteiger partial charge is 0.310 e. The predicted octanol–water partition coefficient (Wildman–Crippen LogP) is 0.132. The lowest BCUT2D eigenvalue weighted by molar-refractivity contribution is -0.151. The summed E-state index contributed by atoms with van der Waals surface area (Å²) in [4.78, 5) is 13.1. The Hall–Kier alpha value is -0.610. The van der Waals surface area contributed by atoms with Gasteiger partial charge in [0.2, 0.25) is 0 Å². The number of piperidine rings is 1. The van der Waals surface area contributed by atoms with Crippen LogP contribution in [0.4, 0.5) is 0 Å². The number of carbonyl (C=O) groups is 1. The molecule has 0 aliphatic carbocycles. The van der Waals surface area contributed by atoms with E-state index in [1.165, 1.54) is 0 Å². The van der Waals surface area contributed by atoms with Gasteiger partial charge < -0.3 is 15.7 Å². The zero-order valence-electron chi connectivity index (χ0n) is 8.12. The number of nitrogens with two attached hydrogens (primary N) is 1. The second-order valence-corrected chi connectivity index (χ2v) is 4.03. The Morgan fingerprint density at radius 1 is 1.69 bits per heavy atom. The van der Waals surface area contributed by atoms with Crippen molar-refractivity contribution in [3.63, 3.8) is 0 Å². The predicted molar refractivity (Wildman–Crippen MR) is 50.5 cm³/mol. The van der Waals surface area contributed by atoms with Gasteiger partial charge >= 0.3 is 5.97 Å². The summed E-state index contributed by atoms with van der Waals surface area (Å²) in [7, 11) is 0. The first-order chi connectivity index (χ1) is 6.08. The van der Waals surface area contributed by atoms with E-state index in [1.54, 1.807) is 0 Å². The Bertz CT molecular complexity index is 194. The molecule has 0 aromatic rings. The molecule has 1 atom stereocenters. The minimum absolute atomic E-state index is 0.562. The van der Waals surface area contributed by atoms with Crippen molar-refractivity contribution in [1.82, 2.24) is 4.90 Å². The van der Waals surface area contributed by atoms with E-state index in [-0.39, 0.29) is 0 Å². The minimum Gasteiger partial charge on any atom is -0.481 e. The monoisotopic (exact) mass is 186 g/mol. The third-order valence-electron chi connectivity index (χ3n) is 2.74. The maximum Gasteiger partial charge on any atom is 0.310 e. The highest BCUT2D eigenvalue weighted by Crippen LogP contribution is 2.29. The first-order valence-electron chi connectivity index (χ1n) is 4.74. The SMILES string of the molecule is CC1(C(=O)O)CCCN(CCN)C1. The van der Waals surface area contributed by atoms with Crippen LogP contribution in [0.15, 0.2) is 0 Å². The van der Waals surface area contributed by atoms with Crippen molar-refractivity contribution >= 4 is 5.97 Å². The van der Waals surface area contributed by atoms with Crippen LogP contribution in [0.2, 0.25) is 0 Å². The summed E-state index contributed by atoms with van der Waals surface area (Å²) < 4.78 is 0. The molecular weight excluding hydrogens is 168 g/mol. The minimum atomic E-state index is -0.686. The van der Waals surface area contributed by atoms with Crippen LogP contribution in [-0.4, -0.2) is 42.2 Å². The third-order valence-corrected chi connectivity index (χ3v) is 2.74. The van der Waals surface area contributed by atoms with E-state index in [4.69, 9.17) is 10.8 Å². The highest BCUT2D eigenvalue weighted by Gasteiger charge is 2.37. The molecule has 0 saturated carbocycles. The van der Waals surface area contributed by atoms with Crippen molar-refractivity contribution in [2.45, 2.75) is 19.8 Å². The molecule has 1 aliphatic rings. The topological polar surface area (TPSA) is 66.6 Å². The van der Waals surface area contributed by atoms with Gasteiger partial charge in [0.25, 0.3) is 0 Å². The van der Waals surface area contributed by atoms with Crippen LogP contribution in [0.3, 0.4) is 0 Å². The lowest BCUT2D eigenvalue weighted by Gasteiger charge is -2.37. The number of rotatable bonds is 3. The van der Waals surface area contributed by atoms with Crippen LogP contribution in [0.5, 0.6) is 0 Å². The van der Waals surface area contributed by atoms with Gasteiger partial charge in [-0.3, -0.25) is 4.79 Å². The number of hydrogen-bond acceptors (Lipinski definition) is 3. The molecule has 1 rings (SSSR count). The van der Waals surface area contributed by atoms with Crippen LogP contribution in [0, 0.1) is 5.41 Å². The van der Waals surface area contributed by atoms with Crippen LogP contribution < -0.4 is 5.73 Å². The molecule has 1 aliphatic heterocycles. The Balaban J connectivity index is 2.54. The first kappa shape index (κ1) is 10.5. The number of carboxylic acids is 1. The van der Waals surface area contributed by atoms with Gasteiger partial charge in [0.15, 0.2) is 0 Å². The largest absolute Gasteiger partial charge is 0.481 e. The molecule has 1 saturated heterocycles. The lowest BCUT2D eigenvalue weighted by Crippen LogP contribution is -2.47. The molecule has 0 aromatic carbocycles. The molecule has 1 unspecified atom stereocenters. The Morgan fingerprint density at radius 2 is 2.38 bits per heavy atom. The van der Waals surface area contributed by atoms with Crippen LogP contribution in [0.25, 0.3) is 0 Å². The van der Waals surface area contributed by atoms with Crippen molar-refractivity contribution < 1.29 is 9.90 Å². The van der Waals surface area contributed by atoms with Crippen molar-refractivity contribution in [3.05, 3.63) is 0 Å². The van der Waals surface area contributed by atoms with Gasteiger partial charge in [-0.1, -0.05) is 0 Å². The summed E-state index contributed by atoms with van der Waals surface area (Å²) in [6.07, 6.45) is 1.74. The van der Waals surface area contributed by atoms with Crippen molar-refractivity contribution in [2.75, 3.05) is 26.2 Å². The first-order valence-corrected chi connectivity index (χ1v) is 4.74. The highest BCUT2D eigenvalue weighted by molar-refractivity contribution is 5.74. The maximum absolute atomic E-state index is 11.0. The standard InChI is InChI=1S/C9H18N2O2/c1-9(8(12)13)3-2-5-11(7-9)6-4-10/h2-7,10H2,1H3,(H,12,13). The van der Waals surface area contributed by atoms with E-state index in [0.717, 1.165) is 25.9 Å². The fraction of sp³-hybridized carbons (Fsp3) is 0.889. The molecule has 4 heteroatoms. The van der Waals surface area contributed by atoms with Gasteiger partial charge in [-0.05, 0) is 26.3 Å². The third kappa shape index (κ3) is 2.42. The van der Waals surface area contributed by atoms with E-state index in [2.05, 4.69) is 4.90 Å². The normalized spacial score (nSPS) is 30.3. The Kier molecular flexibility index (Phi) is 3.27. The average molecular weight is 186 g/mol. The molecule has 3 N–H and O–H groups in total. The summed E-state index contributed by atoms with van der Waals surface area (Å²) in [5, 5.41) is 9.03. The summed E-state index contributed by atoms with van der Waals surface area (Å²) in [6, 6.07) is 0. The van der Waals surface area contributed by atoms with Crippen molar-refractivity contribution in [1.29, 1.82) is 0 Å². The molecule has 0 bridgehead atoms. The van der Waals surface area contributed by atoms with E-state index in [1.807, 2.05) is 6.92 Å². The molecule has 0 amide bonds. The summed E-state index contributed by atoms with van der Waals surface area (Å²) >= 11 is 0.